The van der Waals surface area contributed by atoms with Crippen molar-refractivity contribution < 1.29 is 0 Å². The highest BCUT2D eigenvalue weighted by molar-refractivity contribution is 5.65. The molecule has 2 aromatic rings. The lowest BCUT2D eigenvalue weighted by molar-refractivity contribution is 0.294. The van der Waals surface area contributed by atoms with Gasteiger partial charge in [-0.3, -0.25) is 0 Å². The van der Waals surface area contributed by atoms with Gasteiger partial charge in [0.25, 0.3) is 0 Å². The highest BCUT2D eigenvalue weighted by Gasteiger charge is 2.19. The highest BCUT2D eigenvalue weighted by atomic mass is 14.2. The largest absolute Gasteiger partial charge is 0.192 e. The van der Waals surface area contributed by atoms with E-state index in [9.17, 15) is 0 Å². The van der Waals surface area contributed by atoms with Crippen LogP contribution >= 0.6 is 0 Å². The van der Waals surface area contributed by atoms with E-state index in [2.05, 4.69) is 49.1 Å². The molecule has 0 N–H and O–H groups in total. The normalized spacial score (nSPS) is 19.0. The van der Waals surface area contributed by atoms with Crippen molar-refractivity contribution in [1.82, 2.24) is 0 Å². The third-order valence-corrected chi connectivity index (χ3v) is 5.72. The van der Waals surface area contributed by atoms with Gasteiger partial charge >= 0.3 is 0 Å². The quantitative estimate of drug-likeness (QED) is 0.420. The molecule has 2 aromatic carbocycles. The van der Waals surface area contributed by atoms with Crippen molar-refractivity contribution in [3.8, 4) is 29.0 Å². The fraction of sp³-hybridized carbons (Fsp3) is 0.423. The zero-order chi connectivity index (χ0) is 18.9. The molecule has 0 atom stereocenters. The molecule has 0 bridgehead atoms. The van der Waals surface area contributed by atoms with Crippen molar-refractivity contribution in [2.75, 3.05) is 0 Å². The number of unbranched alkanes of at least 4 members (excludes halogenated alkanes) is 2. The first-order valence-corrected chi connectivity index (χ1v) is 10.4. The molecule has 27 heavy (non-hydrogen) atoms. The summed E-state index contributed by atoms with van der Waals surface area (Å²) < 4.78 is 0. The third-order valence-electron chi connectivity index (χ3n) is 5.72. The second-order valence-electron chi connectivity index (χ2n) is 7.75. The topological polar surface area (TPSA) is 23.8 Å². The van der Waals surface area contributed by atoms with Crippen molar-refractivity contribution in [3.63, 3.8) is 0 Å². The van der Waals surface area contributed by atoms with Gasteiger partial charge in [-0.05, 0) is 67.0 Å². The van der Waals surface area contributed by atoms with Gasteiger partial charge in [-0.15, -0.1) is 0 Å². The molecule has 0 aliphatic heterocycles. The maximum atomic E-state index is 8.90. The van der Waals surface area contributed by atoms with Crippen LogP contribution in [0.25, 0.3) is 11.1 Å². The van der Waals surface area contributed by atoms with Crippen LogP contribution in [0.4, 0.5) is 0 Å². The molecule has 1 aliphatic carbocycles. The smallest absolute Gasteiger partial charge is 0.0991 e. The Hall–Kier alpha value is -2.51. The van der Waals surface area contributed by atoms with E-state index >= 15 is 0 Å². The van der Waals surface area contributed by atoms with Crippen LogP contribution in [0.2, 0.25) is 0 Å². The number of nitriles is 1. The molecule has 1 fully saturated rings. The molecule has 0 aromatic heterocycles. The molecule has 1 heteroatoms. The summed E-state index contributed by atoms with van der Waals surface area (Å²) >= 11 is 0. The van der Waals surface area contributed by atoms with E-state index in [-0.39, 0.29) is 0 Å². The Morgan fingerprint density at radius 2 is 1.41 bits per heavy atom. The molecule has 0 heterocycles. The van der Waals surface area contributed by atoms with Crippen LogP contribution in [0.15, 0.2) is 48.5 Å². The third kappa shape index (κ3) is 5.74. The number of hydrogen-bond donors (Lipinski definition) is 0. The Bertz CT molecular complexity index is 804. The van der Waals surface area contributed by atoms with Crippen LogP contribution < -0.4 is 0 Å². The Kier molecular flexibility index (Phi) is 7.12. The molecule has 0 saturated heterocycles. The summed E-state index contributed by atoms with van der Waals surface area (Å²) in [5.74, 6) is 8.42. The van der Waals surface area contributed by atoms with Gasteiger partial charge in [0.2, 0.25) is 0 Å². The second-order valence-corrected chi connectivity index (χ2v) is 7.75. The molecular formula is C26H29N. The van der Waals surface area contributed by atoms with Gasteiger partial charge in [0.1, 0.15) is 0 Å². The number of hydrogen-bond acceptors (Lipinski definition) is 1. The Labute approximate surface area is 164 Å². The van der Waals surface area contributed by atoms with Gasteiger partial charge in [-0.2, -0.15) is 5.26 Å². The number of rotatable bonds is 5. The second kappa shape index (κ2) is 9.99. The molecule has 0 radical (unpaired) electrons. The summed E-state index contributed by atoms with van der Waals surface area (Å²) in [6.45, 7) is 2.28. The molecule has 1 saturated carbocycles. The number of benzene rings is 2. The van der Waals surface area contributed by atoms with E-state index in [1.54, 1.807) is 0 Å². The van der Waals surface area contributed by atoms with E-state index in [0.717, 1.165) is 22.6 Å². The first-order valence-electron chi connectivity index (χ1n) is 10.4. The van der Waals surface area contributed by atoms with Gasteiger partial charge in [0.05, 0.1) is 11.6 Å². The monoisotopic (exact) mass is 355 g/mol. The van der Waals surface area contributed by atoms with Crippen LogP contribution in [0, 0.1) is 35.0 Å². The average molecular weight is 356 g/mol. The zero-order valence-electron chi connectivity index (χ0n) is 16.4. The van der Waals surface area contributed by atoms with Gasteiger partial charge in [0.15, 0.2) is 0 Å². The fourth-order valence-electron chi connectivity index (χ4n) is 3.95. The molecule has 1 aliphatic rings. The molecule has 3 rings (SSSR count). The van der Waals surface area contributed by atoms with Crippen LogP contribution in [-0.4, -0.2) is 0 Å². The lowest BCUT2D eigenvalue weighted by Gasteiger charge is -2.25. The van der Waals surface area contributed by atoms with E-state index in [4.69, 9.17) is 5.26 Å². The Morgan fingerprint density at radius 3 is 1.96 bits per heavy atom. The maximum Gasteiger partial charge on any atom is 0.0991 e. The summed E-state index contributed by atoms with van der Waals surface area (Å²) in [5.41, 5.74) is 4.09. The highest BCUT2D eigenvalue weighted by Crippen LogP contribution is 2.31. The van der Waals surface area contributed by atoms with Crippen LogP contribution in [0.3, 0.4) is 0 Å². The van der Waals surface area contributed by atoms with Gasteiger partial charge in [0, 0.05) is 11.5 Å². The van der Waals surface area contributed by atoms with Crippen molar-refractivity contribution in [3.05, 3.63) is 59.7 Å². The van der Waals surface area contributed by atoms with Crippen molar-refractivity contribution in [2.24, 2.45) is 11.8 Å². The summed E-state index contributed by atoms with van der Waals surface area (Å²) in [4.78, 5) is 0. The Morgan fingerprint density at radius 1 is 0.815 bits per heavy atom. The average Bonchev–Trinajstić information content (AvgIpc) is 2.74. The van der Waals surface area contributed by atoms with Gasteiger partial charge in [-0.1, -0.05) is 68.7 Å². The summed E-state index contributed by atoms with van der Waals surface area (Å²) in [5, 5.41) is 8.90. The minimum Gasteiger partial charge on any atom is -0.192 e. The van der Waals surface area contributed by atoms with E-state index in [0.29, 0.717) is 11.5 Å². The van der Waals surface area contributed by atoms with Crippen molar-refractivity contribution in [1.29, 1.82) is 5.26 Å². The lowest BCUT2D eigenvalue weighted by atomic mass is 9.80. The first kappa shape index (κ1) is 19.3. The first-order chi connectivity index (χ1) is 13.3. The molecule has 1 nitrogen and oxygen atoms in total. The maximum absolute atomic E-state index is 8.90. The van der Waals surface area contributed by atoms with Crippen molar-refractivity contribution >= 4 is 0 Å². The summed E-state index contributed by atoms with van der Waals surface area (Å²) in [7, 11) is 0. The summed E-state index contributed by atoms with van der Waals surface area (Å²) in [6.07, 6.45) is 10.8. The zero-order valence-corrected chi connectivity index (χ0v) is 16.4. The summed E-state index contributed by atoms with van der Waals surface area (Å²) in [6, 6.07) is 18.3. The van der Waals surface area contributed by atoms with E-state index in [1.807, 2.05) is 24.3 Å². The molecule has 0 unspecified atom stereocenters. The van der Waals surface area contributed by atoms with Crippen LogP contribution in [-0.2, 0) is 0 Å². The molecule has 0 spiro atoms. The predicted molar refractivity (Wildman–Crippen MR) is 113 cm³/mol. The standard InChI is InChI=1S/C26H29N/c1-2-3-4-5-21-6-8-22(9-7-21)10-11-23-12-16-25(17-13-23)26-18-14-24(20-27)15-19-26/h12-19,21-22H,2-9H2,1H3. The minimum atomic E-state index is 0.575. The fourth-order valence-corrected chi connectivity index (χ4v) is 3.95. The van der Waals surface area contributed by atoms with Crippen LogP contribution in [0.5, 0.6) is 0 Å². The van der Waals surface area contributed by atoms with Gasteiger partial charge < -0.3 is 0 Å². The van der Waals surface area contributed by atoms with E-state index in [1.165, 1.54) is 51.4 Å². The minimum absolute atomic E-state index is 0.575. The van der Waals surface area contributed by atoms with E-state index < -0.39 is 0 Å². The molecular weight excluding hydrogens is 326 g/mol. The predicted octanol–water partition coefficient (Wildman–Crippen LogP) is 6.96. The van der Waals surface area contributed by atoms with Gasteiger partial charge in [-0.25, -0.2) is 0 Å². The molecule has 0 amide bonds. The molecule has 138 valence electrons. The van der Waals surface area contributed by atoms with Crippen molar-refractivity contribution in [2.45, 2.75) is 58.3 Å². The van der Waals surface area contributed by atoms with Crippen LogP contribution in [0.1, 0.15) is 69.4 Å². The Balaban J connectivity index is 1.53. The number of nitrogens with zero attached hydrogens (tertiary/aromatic N) is 1. The SMILES string of the molecule is CCCCCC1CCC(C#Cc2ccc(-c3ccc(C#N)cc3)cc2)CC1. The lowest BCUT2D eigenvalue weighted by Crippen LogP contribution is -2.13.